The van der Waals surface area contributed by atoms with Crippen LogP contribution in [0.5, 0.6) is 0 Å². The summed E-state index contributed by atoms with van der Waals surface area (Å²) in [6.45, 7) is 7.29. The van der Waals surface area contributed by atoms with Crippen molar-refractivity contribution in [3.63, 3.8) is 0 Å². The van der Waals surface area contributed by atoms with Gasteiger partial charge < -0.3 is 4.90 Å². The number of amides is 1. The molecule has 2 aliphatic heterocycles. The molecule has 0 N–H and O–H groups in total. The average Bonchev–Trinajstić information content (AvgIpc) is 2.80. The molecule has 2 saturated heterocycles. The molecule has 0 aromatic carbocycles. The van der Waals surface area contributed by atoms with Crippen molar-refractivity contribution in [2.24, 2.45) is 11.8 Å². The van der Waals surface area contributed by atoms with Gasteiger partial charge >= 0.3 is 0 Å². The Hall–Kier alpha value is -1.42. The number of carbonyl (C=O) groups is 1. The third kappa shape index (κ3) is 4.54. The van der Waals surface area contributed by atoms with Crippen molar-refractivity contribution < 1.29 is 4.79 Å². The number of rotatable bonds is 3. The number of carbonyl (C=O) groups excluding carboxylic acids is 1. The SMILES string of the molecule is C[C@H]1CCCN(C(=O)C2CCN(Cc3ccncc3)CC2)CC1. The lowest BCUT2D eigenvalue weighted by molar-refractivity contribution is -0.137. The first-order chi connectivity index (χ1) is 11.2. The molecule has 3 rings (SSSR count). The van der Waals surface area contributed by atoms with Crippen molar-refractivity contribution in [2.45, 2.75) is 45.6 Å². The van der Waals surface area contributed by atoms with Crippen LogP contribution in [-0.2, 0) is 11.3 Å². The van der Waals surface area contributed by atoms with Gasteiger partial charge in [-0.3, -0.25) is 14.7 Å². The van der Waals surface area contributed by atoms with Crippen molar-refractivity contribution >= 4 is 5.91 Å². The maximum Gasteiger partial charge on any atom is 0.225 e. The quantitative estimate of drug-likeness (QED) is 0.860. The Kier molecular flexibility index (Phi) is 5.65. The van der Waals surface area contributed by atoms with E-state index in [0.717, 1.165) is 51.5 Å². The van der Waals surface area contributed by atoms with Crippen molar-refractivity contribution in [3.05, 3.63) is 30.1 Å². The predicted molar refractivity (Wildman–Crippen MR) is 91.8 cm³/mol. The van der Waals surface area contributed by atoms with Gasteiger partial charge in [0.05, 0.1) is 0 Å². The van der Waals surface area contributed by atoms with Crippen LogP contribution in [0.2, 0.25) is 0 Å². The molecule has 1 amide bonds. The Bertz CT molecular complexity index is 497. The number of nitrogens with zero attached hydrogens (tertiary/aromatic N) is 3. The molecule has 1 aromatic rings. The van der Waals surface area contributed by atoms with Crippen LogP contribution in [0.4, 0.5) is 0 Å². The van der Waals surface area contributed by atoms with Crippen molar-refractivity contribution in [2.75, 3.05) is 26.2 Å². The van der Waals surface area contributed by atoms with E-state index in [1.54, 1.807) is 0 Å². The van der Waals surface area contributed by atoms with E-state index < -0.39 is 0 Å². The number of hydrogen-bond donors (Lipinski definition) is 0. The highest BCUT2D eigenvalue weighted by molar-refractivity contribution is 5.79. The van der Waals surface area contributed by atoms with Gasteiger partial charge in [-0.15, -0.1) is 0 Å². The topological polar surface area (TPSA) is 36.4 Å². The van der Waals surface area contributed by atoms with Gasteiger partial charge in [0.25, 0.3) is 0 Å². The second-order valence-electron chi connectivity index (χ2n) is 7.27. The van der Waals surface area contributed by atoms with E-state index in [1.807, 2.05) is 12.4 Å². The van der Waals surface area contributed by atoms with Crippen LogP contribution in [0.1, 0.15) is 44.6 Å². The van der Waals surface area contributed by atoms with E-state index in [-0.39, 0.29) is 5.92 Å². The maximum atomic E-state index is 12.8. The lowest BCUT2D eigenvalue weighted by atomic mass is 9.94. The zero-order valence-electron chi connectivity index (χ0n) is 14.3. The molecule has 0 spiro atoms. The van der Waals surface area contributed by atoms with Crippen LogP contribution in [0.25, 0.3) is 0 Å². The van der Waals surface area contributed by atoms with Gasteiger partial charge in [-0.05, 0) is 68.8 Å². The van der Waals surface area contributed by atoms with Gasteiger partial charge in [-0.1, -0.05) is 6.92 Å². The highest BCUT2D eigenvalue weighted by Gasteiger charge is 2.29. The molecule has 2 aliphatic rings. The molecule has 2 fully saturated rings. The molecule has 3 heterocycles. The van der Waals surface area contributed by atoms with Gasteiger partial charge in [0.15, 0.2) is 0 Å². The van der Waals surface area contributed by atoms with E-state index in [4.69, 9.17) is 0 Å². The third-order valence-corrected chi connectivity index (χ3v) is 5.42. The fraction of sp³-hybridized carbons (Fsp3) is 0.684. The number of aromatic nitrogens is 1. The molecule has 0 unspecified atom stereocenters. The smallest absolute Gasteiger partial charge is 0.225 e. The van der Waals surface area contributed by atoms with Crippen LogP contribution < -0.4 is 0 Å². The Labute approximate surface area is 139 Å². The number of piperidine rings is 1. The van der Waals surface area contributed by atoms with E-state index in [0.29, 0.717) is 5.91 Å². The Morgan fingerprint density at radius 3 is 2.57 bits per heavy atom. The number of hydrogen-bond acceptors (Lipinski definition) is 3. The van der Waals surface area contributed by atoms with E-state index >= 15 is 0 Å². The van der Waals surface area contributed by atoms with Crippen molar-refractivity contribution in [1.29, 1.82) is 0 Å². The molecule has 0 bridgehead atoms. The molecule has 0 radical (unpaired) electrons. The Morgan fingerprint density at radius 1 is 1.09 bits per heavy atom. The highest BCUT2D eigenvalue weighted by Crippen LogP contribution is 2.24. The maximum absolute atomic E-state index is 12.8. The minimum Gasteiger partial charge on any atom is -0.342 e. The lowest BCUT2D eigenvalue weighted by Gasteiger charge is -2.34. The summed E-state index contributed by atoms with van der Waals surface area (Å²) >= 11 is 0. The largest absolute Gasteiger partial charge is 0.342 e. The van der Waals surface area contributed by atoms with Crippen LogP contribution in [0.15, 0.2) is 24.5 Å². The number of likely N-dealkylation sites (tertiary alicyclic amines) is 2. The zero-order valence-corrected chi connectivity index (χ0v) is 14.3. The summed E-state index contributed by atoms with van der Waals surface area (Å²) in [4.78, 5) is 21.5. The Morgan fingerprint density at radius 2 is 1.83 bits per heavy atom. The molecular formula is C19H29N3O. The molecule has 4 heteroatoms. The molecular weight excluding hydrogens is 286 g/mol. The van der Waals surface area contributed by atoms with Gasteiger partial charge in [0.2, 0.25) is 5.91 Å². The Balaban J connectivity index is 1.47. The fourth-order valence-electron chi connectivity index (χ4n) is 3.83. The molecule has 0 aliphatic carbocycles. The minimum atomic E-state index is 0.247. The van der Waals surface area contributed by atoms with Crippen LogP contribution in [-0.4, -0.2) is 46.9 Å². The first-order valence-corrected chi connectivity index (χ1v) is 9.12. The van der Waals surface area contributed by atoms with E-state index in [9.17, 15) is 4.79 Å². The van der Waals surface area contributed by atoms with Gasteiger partial charge in [-0.2, -0.15) is 0 Å². The average molecular weight is 315 g/mol. The standard InChI is InChI=1S/C19H29N3O/c1-16-3-2-11-22(14-6-16)19(23)18-7-12-21(13-8-18)15-17-4-9-20-10-5-17/h4-5,9-10,16,18H,2-3,6-8,11-15H2,1H3/t16-/m0/s1. The van der Waals surface area contributed by atoms with E-state index in [2.05, 4.69) is 33.8 Å². The normalized spacial score (nSPS) is 24.4. The monoisotopic (exact) mass is 315 g/mol. The summed E-state index contributed by atoms with van der Waals surface area (Å²) in [6, 6.07) is 4.16. The molecule has 4 nitrogen and oxygen atoms in total. The summed E-state index contributed by atoms with van der Waals surface area (Å²) in [5.41, 5.74) is 1.31. The summed E-state index contributed by atoms with van der Waals surface area (Å²) in [5.74, 6) is 1.44. The molecule has 1 aromatic heterocycles. The second-order valence-corrected chi connectivity index (χ2v) is 7.27. The van der Waals surface area contributed by atoms with Crippen molar-refractivity contribution in [1.82, 2.24) is 14.8 Å². The van der Waals surface area contributed by atoms with E-state index in [1.165, 1.54) is 24.8 Å². The number of pyridine rings is 1. The predicted octanol–water partition coefficient (Wildman–Crippen LogP) is 2.94. The summed E-state index contributed by atoms with van der Waals surface area (Å²) in [7, 11) is 0. The molecule has 0 saturated carbocycles. The van der Waals surface area contributed by atoms with Gasteiger partial charge in [0.1, 0.15) is 0 Å². The fourth-order valence-corrected chi connectivity index (χ4v) is 3.83. The zero-order chi connectivity index (χ0) is 16.1. The molecule has 23 heavy (non-hydrogen) atoms. The van der Waals surface area contributed by atoms with Gasteiger partial charge in [-0.25, -0.2) is 0 Å². The van der Waals surface area contributed by atoms with Crippen LogP contribution >= 0.6 is 0 Å². The molecule has 126 valence electrons. The first kappa shape index (κ1) is 16.4. The van der Waals surface area contributed by atoms with Crippen LogP contribution in [0.3, 0.4) is 0 Å². The highest BCUT2D eigenvalue weighted by atomic mass is 16.2. The summed E-state index contributed by atoms with van der Waals surface area (Å²) < 4.78 is 0. The summed E-state index contributed by atoms with van der Waals surface area (Å²) in [5, 5.41) is 0. The summed E-state index contributed by atoms with van der Waals surface area (Å²) in [6.07, 6.45) is 9.35. The first-order valence-electron chi connectivity index (χ1n) is 9.12. The molecule has 1 atom stereocenters. The third-order valence-electron chi connectivity index (χ3n) is 5.42. The van der Waals surface area contributed by atoms with Crippen LogP contribution in [0, 0.1) is 11.8 Å². The lowest BCUT2D eigenvalue weighted by Crippen LogP contribution is -2.42. The van der Waals surface area contributed by atoms with Crippen molar-refractivity contribution in [3.8, 4) is 0 Å². The minimum absolute atomic E-state index is 0.247. The second kappa shape index (κ2) is 7.91. The van der Waals surface area contributed by atoms with Gasteiger partial charge in [0, 0.05) is 37.9 Å².